The van der Waals surface area contributed by atoms with E-state index in [0.29, 0.717) is 6.54 Å². The second-order valence-corrected chi connectivity index (χ2v) is 5.39. The van der Waals surface area contributed by atoms with Gasteiger partial charge in [0, 0.05) is 26.2 Å². The molecule has 0 bridgehead atoms. The number of nitrogens with one attached hydrogen (secondary N) is 2. The zero-order valence-corrected chi connectivity index (χ0v) is 13.3. The molecular weight excluding hydrogens is 337 g/mol. The van der Waals surface area contributed by atoms with Crippen LogP contribution in [-0.4, -0.2) is 59.5 Å². The smallest absolute Gasteiger partial charge is 0.244 e. The Hall–Kier alpha value is -2.46. The van der Waals surface area contributed by atoms with E-state index in [-0.39, 0.29) is 17.5 Å². The van der Waals surface area contributed by atoms with Gasteiger partial charge in [0.05, 0.1) is 25.1 Å². The van der Waals surface area contributed by atoms with Gasteiger partial charge in [-0.15, -0.1) is 5.10 Å². The molecule has 2 heterocycles. The molecule has 1 fully saturated rings. The number of rotatable bonds is 6. The molecule has 0 spiro atoms. The molecule has 7 nitrogen and oxygen atoms in total. The minimum absolute atomic E-state index is 0.161. The predicted octanol–water partition coefficient (Wildman–Crippen LogP) is 1.78. The highest BCUT2D eigenvalue weighted by atomic mass is 19.2. The fourth-order valence-electron chi connectivity index (χ4n) is 2.35. The van der Waals surface area contributed by atoms with E-state index in [1.165, 1.54) is 6.20 Å². The van der Waals surface area contributed by atoms with E-state index in [4.69, 9.17) is 4.74 Å². The molecule has 0 radical (unpaired) electrons. The van der Waals surface area contributed by atoms with Gasteiger partial charge in [-0.3, -0.25) is 4.90 Å². The highest BCUT2D eigenvalue weighted by molar-refractivity contribution is 5.57. The second-order valence-electron chi connectivity index (χ2n) is 5.39. The topological polar surface area (TPSA) is 75.2 Å². The van der Waals surface area contributed by atoms with Crippen LogP contribution in [0.1, 0.15) is 0 Å². The molecule has 0 atom stereocenters. The average molecular weight is 354 g/mol. The van der Waals surface area contributed by atoms with Gasteiger partial charge >= 0.3 is 0 Å². The van der Waals surface area contributed by atoms with Crippen LogP contribution in [0.2, 0.25) is 0 Å². The molecule has 25 heavy (non-hydrogen) atoms. The SMILES string of the molecule is Fc1ccc(Nc2cnnc(NCCN3CCOCC3)n2)c(F)c1F. The van der Waals surface area contributed by atoms with Crippen molar-refractivity contribution in [3.63, 3.8) is 0 Å². The Kier molecular flexibility index (Phi) is 5.61. The molecular formula is C15H17F3N6O. The molecule has 2 N–H and O–H groups in total. The first-order valence-corrected chi connectivity index (χ1v) is 7.77. The molecule has 1 aromatic heterocycles. The summed E-state index contributed by atoms with van der Waals surface area (Å²) in [6.45, 7) is 4.58. The van der Waals surface area contributed by atoms with E-state index < -0.39 is 17.5 Å². The van der Waals surface area contributed by atoms with E-state index >= 15 is 0 Å². The Morgan fingerprint density at radius 1 is 1.12 bits per heavy atom. The summed E-state index contributed by atoms with van der Waals surface area (Å²) in [5.41, 5.74) is -0.237. The number of anilines is 3. The molecule has 0 amide bonds. The van der Waals surface area contributed by atoms with Crippen LogP contribution in [0.4, 0.5) is 30.6 Å². The van der Waals surface area contributed by atoms with Crippen molar-refractivity contribution in [2.45, 2.75) is 0 Å². The van der Waals surface area contributed by atoms with E-state index in [9.17, 15) is 13.2 Å². The minimum atomic E-state index is -1.55. The maximum atomic E-state index is 13.7. The Labute approximate surface area is 142 Å². The number of aromatic nitrogens is 3. The third kappa shape index (κ3) is 4.54. The Bertz CT molecular complexity index is 726. The third-order valence-electron chi connectivity index (χ3n) is 3.67. The Morgan fingerprint density at radius 3 is 2.72 bits per heavy atom. The van der Waals surface area contributed by atoms with E-state index in [1.54, 1.807) is 0 Å². The molecule has 1 aromatic carbocycles. The van der Waals surface area contributed by atoms with Crippen LogP contribution in [0.5, 0.6) is 0 Å². The molecule has 0 saturated carbocycles. The van der Waals surface area contributed by atoms with Gasteiger partial charge in [0.25, 0.3) is 0 Å². The average Bonchev–Trinajstić information content (AvgIpc) is 2.64. The van der Waals surface area contributed by atoms with Gasteiger partial charge in [-0.2, -0.15) is 10.1 Å². The largest absolute Gasteiger partial charge is 0.379 e. The molecule has 0 aliphatic carbocycles. The first kappa shape index (κ1) is 17.4. The summed E-state index contributed by atoms with van der Waals surface area (Å²) in [5, 5.41) is 13.2. The monoisotopic (exact) mass is 354 g/mol. The van der Waals surface area contributed by atoms with Gasteiger partial charge in [0.15, 0.2) is 23.3 Å². The quantitative estimate of drug-likeness (QED) is 0.766. The van der Waals surface area contributed by atoms with Crippen molar-refractivity contribution in [2.24, 2.45) is 0 Å². The van der Waals surface area contributed by atoms with Crippen molar-refractivity contribution in [1.82, 2.24) is 20.1 Å². The van der Waals surface area contributed by atoms with Crippen LogP contribution in [-0.2, 0) is 4.74 Å². The van der Waals surface area contributed by atoms with Gasteiger partial charge in [0.1, 0.15) is 0 Å². The summed E-state index contributed by atoms with van der Waals surface area (Å²) in [6.07, 6.45) is 1.26. The van der Waals surface area contributed by atoms with Crippen molar-refractivity contribution < 1.29 is 17.9 Å². The zero-order valence-electron chi connectivity index (χ0n) is 13.3. The van der Waals surface area contributed by atoms with Crippen molar-refractivity contribution >= 4 is 17.5 Å². The molecule has 2 aromatic rings. The van der Waals surface area contributed by atoms with Gasteiger partial charge in [0.2, 0.25) is 5.95 Å². The van der Waals surface area contributed by atoms with Gasteiger partial charge < -0.3 is 15.4 Å². The highest BCUT2D eigenvalue weighted by Crippen LogP contribution is 2.22. The van der Waals surface area contributed by atoms with Crippen LogP contribution in [0, 0.1) is 17.5 Å². The maximum Gasteiger partial charge on any atom is 0.244 e. The van der Waals surface area contributed by atoms with Gasteiger partial charge in [-0.25, -0.2) is 13.2 Å². The fourth-order valence-corrected chi connectivity index (χ4v) is 2.35. The number of hydrogen-bond donors (Lipinski definition) is 2. The summed E-state index contributed by atoms with van der Waals surface area (Å²) in [6, 6.07) is 1.91. The minimum Gasteiger partial charge on any atom is -0.379 e. The standard InChI is InChI=1S/C15H17F3N6O/c16-10-1-2-11(14(18)13(10)17)21-12-9-20-23-15(22-12)19-3-4-24-5-7-25-8-6-24/h1-2,9H,3-8H2,(H2,19,21,22,23). The number of ether oxygens (including phenoxy) is 1. The first-order chi connectivity index (χ1) is 12.1. The highest BCUT2D eigenvalue weighted by Gasteiger charge is 2.14. The molecule has 1 aliphatic heterocycles. The van der Waals surface area contributed by atoms with Crippen molar-refractivity contribution in [2.75, 3.05) is 50.0 Å². The van der Waals surface area contributed by atoms with Crippen molar-refractivity contribution in [1.29, 1.82) is 0 Å². The van der Waals surface area contributed by atoms with Crippen LogP contribution in [0.3, 0.4) is 0 Å². The summed E-state index contributed by atoms with van der Waals surface area (Å²) < 4.78 is 45.2. The van der Waals surface area contributed by atoms with Crippen LogP contribution in [0.15, 0.2) is 18.3 Å². The van der Waals surface area contributed by atoms with Gasteiger partial charge in [-0.05, 0) is 12.1 Å². The lowest BCUT2D eigenvalue weighted by molar-refractivity contribution is 0.0398. The normalized spacial score (nSPS) is 15.2. The molecule has 0 unspecified atom stereocenters. The third-order valence-corrected chi connectivity index (χ3v) is 3.67. The zero-order chi connectivity index (χ0) is 17.6. The molecule has 10 heteroatoms. The van der Waals surface area contributed by atoms with Gasteiger partial charge in [-0.1, -0.05) is 0 Å². The van der Waals surface area contributed by atoms with Crippen LogP contribution < -0.4 is 10.6 Å². The number of morpholine rings is 1. The number of hydrogen-bond acceptors (Lipinski definition) is 7. The predicted molar refractivity (Wildman–Crippen MR) is 85.2 cm³/mol. The summed E-state index contributed by atoms with van der Waals surface area (Å²) in [7, 11) is 0. The molecule has 1 saturated heterocycles. The van der Waals surface area contributed by atoms with Crippen LogP contribution >= 0.6 is 0 Å². The number of halogens is 3. The lowest BCUT2D eigenvalue weighted by Crippen LogP contribution is -2.39. The van der Waals surface area contributed by atoms with Crippen LogP contribution in [0.25, 0.3) is 0 Å². The Balaban J connectivity index is 1.58. The van der Waals surface area contributed by atoms with E-state index in [2.05, 4.69) is 30.7 Å². The van der Waals surface area contributed by atoms with Crippen molar-refractivity contribution in [3.05, 3.63) is 35.8 Å². The van der Waals surface area contributed by atoms with Crippen molar-refractivity contribution in [3.8, 4) is 0 Å². The van der Waals surface area contributed by atoms with E-state index in [0.717, 1.165) is 45.0 Å². The Morgan fingerprint density at radius 2 is 1.92 bits per heavy atom. The summed E-state index contributed by atoms with van der Waals surface area (Å²) in [4.78, 5) is 6.36. The number of nitrogens with zero attached hydrogens (tertiary/aromatic N) is 4. The molecule has 3 rings (SSSR count). The maximum absolute atomic E-state index is 13.7. The number of benzene rings is 1. The summed E-state index contributed by atoms with van der Waals surface area (Å²) in [5.74, 6) is -3.71. The van der Waals surface area contributed by atoms with E-state index in [1.807, 2.05) is 0 Å². The molecule has 1 aliphatic rings. The lowest BCUT2D eigenvalue weighted by Gasteiger charge is -2.26. The molecule has 134 valence electrons. The lowest BCUT2D eigenvalue weighted by atomic mass is 10.3. The second kappa shape index (κ2) is 8.08. The summed E-state index contributed by atoms with van der Waals surface area (Å²) >= 11 is 0. The first-order valence-electron chi connectivity index (χ1n) is 7.77. The fraction of sp³-hybridized carbons (Fsp3) is 0.400.